The third-order valence-electron chi connectivity index (χ3n) is 4.40. The van der Waals surface area contributed by atoms with Gasteiger partial charge < -0.3 is 14.8 Å². The maximum Gasteiger partial charge on any atom is 0.271 e. The van der Waals surface area contributed by atoms with E-state index in [-0.39, 0.29) is 21.9 Å². The number of sulfonamides is 1. The van der Waals surface area contributed by atoms with E-state index in [1.807, 2.05) is 0 Å². The molecule has 0 bridgehead atoms. The summed E-state index contributed by atoms with van der Waals surface area (Å²) in [5, 5.41) is 13.7. The molecule has 10 nitrogen and oxygen atoms in total. The van der Waals surface area contributed by atoms with Crippen molar-refractivity contribution >= 4 is 33.0 Å². The molecule has 0 unspecified atom stereocenters. The molecule has 0 aromatic heterocycles. The number of amides is 1. The highest BCUT2D eigenvalue weighted by molar-refractivity contribution is 7.92. The lowest BCUT2D eigenvalue weighted by molar-refractivity contribution is -0.385. The average Bonchev–Trinajstić information content (AvgIpc) is 2.79. The Hall–Kier alpha value is -4.12. The molecule has 0 aliphatic carbocycles. The van der Waals surface area contributed by atoms with Crippen LogP contribution in [-0.4, -0.2) is 33.5 Å². The molecule has 0 saturated carbocycles. The van der Waals surface area contributed by atoms with E-state index in [1.54, 1.807) is 24.3 Å². The molecule has 0 aliphatic rings. The first-order valence-corrected chi connectivity index (χ1v) is 10.6. The molecule has 3 aromatic carbocycles. The van der Waals surface area contributed by atoms with E-state index in [2.05, 4.69) is 10.0 Å². The number of anilines is 2. The summed E-state index contributed by atoms with van der Waals surface area (Å²) in [5.74, 6) is 0.0382. The van der Waals surface area contributed by atoms with Gasteiger partial charge in [-0.25, -0.2) is 8.42 Å². The van der Waals surface area contributed by atoms with E-state index in [0.717, 1.165) is 12.1 Å². The number of carbonyl (C=O) groups excluding carboxylic acids is 1. The molecule has 11 heteroatoms. The Morgan fingerprint density at radius 1 is 0.938 bits per heavy atom. The van der Waals surface area contributed by atoms with Gasteiger partial charge in [-0.05, 0) is 42.5 Å². The first kappa shape index (κ1) is 22.6. The highest BCUT2D eigenvalue weighted by Crippen LogP contribution is 2.30. The second kappa shape index (κ2) is 9.35. The summed E-state index contributed by atoms with van der Waals surface area (Å²) in [5.41, 5.74) is 0.538. The molecule has 3 aromatic rings. The van der Waals surface area contributed by atoms with Crippen molar-refractivity contribution in [1.82, 2.24) is 0 Å². The van der Waals surface area contributed by atoms with Gasteiger partial charge in [0.2, 0.25) is 0 Å². The fraction of sp³-hybridized carbons (Fsp3) is 0.0952. The van der Waals surface area contributed by atoms with E-state index in [0.29, 0.717) is 11.4 Å². The molecule has 0 atom stereocenters. The van der Waals surface area contributed by atoms with Crippen molar-refractivity contribution in [2.45, 2.75) is 4.90 Å². The Labute approximate surface area is 184 Å². The van der Waals surface area contributed by atoms with Crippen molar-refractivity contribution < 1.29 is 27.6 Å². The van der Waals surface area contributed by atoms with E-state index in [4.69, 9.17) is 9.47 Å². The lowest BCUT2D eigenvalue weighted by Crippen LogP contribution is -2.15. The van der Waals surface area contributed by atoms with Crippen LogP contribution in [0.1, 0.15) is 10.4 Å². The lowest BCUT2D eigenvalue weighted by atomic mass is 10.2. The number of hydrogen-bond acceptors (Lipinski definition) is 7. The topological polar surface area (TPSA) is 137 Å². The number of methoxy groups -OCH3 is 2. The normalized spacial score (nSPS) is 10.8. The van der Waals surface area contributed by atoms with Gasteiger partial charge in [0.1, 0.15) is 16.4 Å². The van der Waals surface area contributed by atoms with Crippen LogP contribution in [0.4, 0.5) is 17.1 Å². The number of nitrogens with zero attached hydrogens (tertiary/aromatic N) is 1. The van der Waals surface area contributed by atoms with Crippen LogP contribution in [0.5, 0.6) is 11.5 Å². The van der Waals surface area contributed by atoms with E-state index in [9.17, 15) is 23.3 Å². The Bertz CT molecular complexity index is 1260. The quantitative estimate of drug-likeness (QED) is 0.389. The number of ether oxygens (including phenoxy) is 2. The van der Waals surface area contributed by atoms with Crippen LogP contribution in [0.15, 0.2) is 71.6 Å². The maximum atomic E-state index is 12.8. The van der Waals surface area contributed by atoms with Crippen molar-refractivity contribution in [1.29, 1.82) is 0 Å². The molecule has 0 radical (unpaired) electrons. The zero-order valence-corrected chi connectivity index (χ0v) is 17.9. The number of non-ortho nitro benzene ring substituents is 1. The van der Waals surface area contributed by atoms with Crippen molar-refractivity contribution in [2.75, 3.05) is 24.3 Å². The molecule has 1 amide bonds. The van der Waals surface area contributed by atoms with E-state index >= 15 is 0 Å². The summed E-state index contributed by atoms with van der Waals surface area (Å²) in [6, 6.07) is 15.9. The average molecular weight is 457 g/mol. The monoisotopic (exact) mass is 457 g/mol. The van der Waals surface area contributed by atoms with Gasteiger partial charge in [0.25, 0.3) is 21.6 Å². The highest BCUT2D eigenvalue weighted by Gasteiger charge is 2.23. The predicted molar refractivity (Wildman–Crippen MR) is 118 cm³/mol. The Morgan fingerprint density at radius 2 is 1.59 bits per heavy atom. The van der Waals surface area contributed by atoms with Crippen molar-refractivity contribution in [3.8, 4) is 11.5 Å². The summed E-state index contributed by atoms with van der Waals surface area (Å²) in [7, 11) is -1.45. The molecule has 32 heavy (non-hydrogen) atoms. The van der Waals surface area contributed by atoms with E-state index < -0.39 is 26.5 Å². The third kappa shape index (κ3) is 4.95. The maximum absolute atomic E-state index is 12.8. The van der Waals surface area contributed by atoms with E-state index in [1.165, 1.54) is 44.6 Å². The zero-order chi connectivity index (χ0) is 23.3. The van der Waals surface area contributed by atoms with Gasteiger partial charge in [-0.15, -0.1) is 0 Å². The second-order valence-corrected chi connectivity index (χ2v) is 8.08. The number of nitrogens with one attached hydrogen (secondary N) is 2. The minimum Gasteiger partial charge on any atom is -0.495 e. The standard InChI is InChI=1S/C21H19N3O7S/c1-30-18-6-4-3-5-17(18)22-21(25)14-7-9-15(10-8-14)23-32(28,29)20-13-16(24(26)27)11-12-19(20)31-2/h3-13,23H,1-2H3,(H,22,25). The molecule has 0 fully saturated rings. The fourth-order valence-corrected chi connectivity index (χ4v) is 4.08. The molecule has 0 spiro atoms. The largest absolute Gasteiger partial charge is 0.495 e. The lowest BCUT2D eigenvalue weighted by Gasteiger charge is -2.12. The van der Waals surface area contributed by atoms with Crippen molar-refractivity contribution in [2.24, 2.45) is 0 Å². The molecule has 3 rings (SSSR count). The van der Waals surface area contributed by atoms with Gasteiger partial charge in [0, 0.05) is 23.4 Å². The number of nitro groups is 1. The van der Waals surface area contributed by atoms with Crippen LogP contribution in [0, 0.1) is 10.1 Å². The number of benzene rings is 3. The molecular formula is C21H19N3O7S. The Morgan fingerprint density at radius 3 is 2.22 bits per heavy atom. The van der Waals surface area contributed by atoms with Gasteiger partial charge in [0.15, 0.2) is 0 Å². The molecule has 0 saturated heterocycles. The van der Waals surface area contributed by atoms with Gasteiger partial charge in [-0.2, -0.15) is 0 Å². The first-order chi connectivity index (χ1) is 15.2. The smallest absolute Gasteiger partial charge is 0.271 e. The zero-order valence-electron chi connectivity index (χ0n) is 17.1. The number of para-hydroxylation sites is 2. The summed E-state index contributed by atoms with van der Waals surface area (Å²) in [6.45, 7) is 0. The summed E-state index contributed by atoms with van der Waals surface area (Å²) < 4.78 is 38.1. The van der Waals surface area contributed by atoms with Crippen molar-refractivity contribution in [3.05, 3.63) is 82.4 Å². The predicted octanol–water partition coefficient (Wildman–Crippen LogP) is 3.67. The van der Waals surface area contributed by atoms with Crippen LogP contribution >= 0.6 is 0 Å². The summed E-state index contributed by atoms with van der Waals surface area (Å²) in [6.07, 6.45) is 0. The van der Waals surface area contributed by atoms with Crippen LogP contribution < -0.4 is 19.5 Å². The molecule has 2 N–H and O–H groups in total. The van der Waals surface area contributed by atoms with Gasteiger partial charge >= 0.3 is 0 Å². The summed E-state index contributed by atoms with van der Waals surface area (Å²) >= 11 is 0. The van der Waals surface area contributed by atoms with Crippen LogP contribution in [0.25, 0.3) is 0 Å². The minimum absolute atomic E-state index is 0.0455. The number of nitro benzene ring substituents is 1. The molecule has 0 aliphatic heterocycles. The fourth-order valence-electron chi connectivity index (χ4n) is 2.83. The SMILES string of the molecule is COc1ccccc1NC(=O)c1ccc(NS(=O)(=O)c2cc([N+](=O)[O-])ccc2OC)cc1. The Balaban J connectivity index is 1.80. The van der Waals surface area contributed by atoms with Gasteiger partial charge in [0.05, 0.1) is 24.8 Å². The third-order valence-corrected chi connectivity index (χ3v) is 5.80. The number of rotatable bonds is 8. The van der Waals surface area contributed by atoms with Crippen LogP contribution in [-0.2, 0) is 10.0 Å². The van der Waals surface area contributed by atoms with Crippen LogP contribution in [0.2, 0.25) is 0 Å². The van der Waals surface area contributed by atoms with Gasteiger partial charge in [-0.3, -0.25) is 19.6 Å². The summed E-state index contributed by atoms with van der Waals surface area (Å²) in [4.78, 5) is 22.4. The second-order valence-electron chi connectivity index (χ2n) is 6.43. The number of hydrogen-bond donors (Lipinski definition) is 2. The van der Waals surface area contributed by atoms with Crippen LogP contribution in [0.3, 0.4) is 0 Å². The first-order valence-electron chi connectivity index (χ1n) is 9.15. The number of carbonyl (C=O) groups is 1. The van der Waals surface area contributed by atoms with Gasteiger partial charge in [-0.1, -0.05) is 12.1 Å². The molecule has 166 valence electrons. The highest BCUT2D eigenvalue weighted by atomic mass is 32.2. The molecular weight excluding hydrogens is 438 g/mol. The van der Waals surface area contributed by atoms with Crippen molar-refractivity contribution in [3.63, 3.8) is 0 Å². The Kier molecular flexibility index (Phi) is 6.59. The molecule has 0 heterocycles. The minimum atomic E-state index is -4.20.